The summed E-state index contributed by atoms with van der Waals surface area (Å²) in [6.07, 6.45) is -5.29. The number of amides is 1. The van der Waals surface area contributed by atoms with Gasteiger partial charge in [-0.15, -0.1) is 0 Å². The van der Waals surface area contributed by atoms with Crippen molar-refractivity contribution in [2.45, 2.75) is 18.5 Å². The molecule has 0 bridgehead atoms. The summed E-state index contributed by atoms with van der Waals surface area (Å²) in [5, 5.41) is 4.58. The second kappa shape index (κ2) is 4.36. The van der Waals surface area contributed by atoms with Crippen LogP contribution < -0.4 is 10.6 Å². The van der Waals surface area contributed by atoms with Crippen LogP contribution in [0.1, 0.15) is 5.56 Å². The fourth-order valence-corrected chi connectivity index (χ4v) is 1.72. The number of anilines is 2. The highest BCUT2D eigenvalue weighted by Gasteiger charge is 2.63. The Morgan fingerprint density at radius 1 is 1.21 bits per heavy atom. The first-order valence-corrected chi connectivity index (χ1v) is 5.34. The van der Waals surface area contributed by atoms with Crippen molar-refractivity contribution >= 4 is 17.3 Å². The summed E-state index contributed by atoms with van der Waals surface area (Å²) in [6, 6.07) is 4.16. The van der Waals surface area contributed by atoms with E-state index in [1.807, 2.05) is 0 Å². The van der Waals surface area contributed by atoms with Crippen LogP contribution >= 0.6 is 0 Å². The highest BCUT2D eigenvalue weighted by molar-refractivity contribution is 5.97. The minimum atomic E-state index is -5.91. The van der Waals surface area contributed by atoms with Gasteiger partial charge in [0.2, 0.25) is 0 Å². The molecule has 0 fully saturated rings. The summed E-state index contributed by atoms with van der Waals surface area (Å²) in [5.41, 5.74) is 1.45. The van der Waals surface area contributed by atoms with Gasteiger partial charge in [0.15, 0.2) is 0 Å². The molecular formula is C11H9F5N2O. The number of halogens is 5. The lowest BCUT2D eigenvalue weighted by Gasteiger charge is -2.18. The fraction of sp³-hybridized carbons (Fsp3) is 0.364. The van der Waals surface area contributed by atoms with E-state index in [1.54, 1.807) is 5.32 Å². The molecule has 1 aromatic carbocycles. The van der Waals surface area contributed by atoms with Gasteiger partial charge in [-0.3, -0.25) is 4.79 Å². The van der Waals surface area contributed by atoms with Crippen molar-refractivity contribution in [3.05, 3.63) is 23.8 Å². The maximum Gasteiger partial charge on any atom is 0.463 e. The number of rotatable bonds is 2. The van der Waals surface area contributed by atoms with E-state index in [2.05, 4.69) is 5.32 Å². The summed E-state index contributed by atoms with van der Waals surface area (Å²) in [5.74, 6) is -7.80. The fourth-order valence-electron chi connectivity index (χ4n) is 1.72. The molecule has 0 aromatic heterocycles. The molecule has 0 saturated heterocycles. The maximum absolute atomic E-state index is 12.7. The molecule has 0 unspecified atom stereocenters. The van der Waals surface area contributed by atoms with E-state index in [0.29, 0.717) is 13.0 Å². The van der Waals surface area contributed by atoms with Gasteiger partial charge < -0.3 is 10.6 Å². The Labute approximate surface area is 104 Å². The normalized spacial score (nSPS) is 14.8. The van der Waals surface area contributed by atoms with Crippen LogP contribution in [0.15, 0.2) is 18.2 Å². The van der Waals surface area contributed by atoms with Crippen LogP contribution in [-0.2, 0) is 11.2 Å². The van der Waals surface area contributed by atoms with Gasteiger partial charge in [-0.1, -0.05) is 0 Å². The van der Waals surface area contributed by atoms with Crippen LogP contribution in [-0.4, -0.2) is 24.6 Å². The predicted octanol–water partition coefficient (Wildman–Crippen LogP) is 2.79. The predicted molar refractivity (Wildman–Crippen MR) is 58.3 cm³/mol. The number of benzene rings is 1. The van der Waals surface area contributed by atoms with Crippen LogP contribution in [0.2, 0.25) is 0 Å². The second-order valence-corrected chi connectivity index (χ2v) is 4.07. The van der Waals surface area contributed by atoms with Crippen LogP contribution in [0.4, 0.5) is 33.3 Å². The number of hydrogen-bond donors (Lipinski definition) is 2. The minimum absolute atomic E-state index is 0.0867. The lowest BCUT2D eigenvalue weighted by atomic mass is 10.1. The average molecular weight is 280 g/mol. The second-order valence-electron chi connectivity index (χ2n) is 4.07. The molecule has 0 saturated carbocycles. The number of alkyl halides is 5. The Morgan fingerprint density at radius 2 is 1.89 bits per heavy atom. The largest absolute Gasteiger partial charge is 0.463 e. The highest BCUT2D eigenvalue weighted by Crippen LogP contribution is 2.36. The van der Waals surface area contributed by atoms with Crippen LogP contribution in [0, 0.1) is 0 Å². The zero-order valence-corrected chi connectivity index (χ0v) is 9.44. The van der Waals surface area contributed by atoms with E-state index in [1.165, 1.54) is 18.2 Å². The van der Waals surface area contributed by atoms with Crippen molar-refractivity contribution in [1.29, 1.82) is 0 Å². The molecule has 8 heteroatoms. The Bertz CT molecular complexity index is 512. The van der Waals surface area contributed by atoms with E-state index in [4.69, 9.17) is 0 Å². The zero-order valence-electron chi connectivity index (χ0n) is 9.44. The van der Waals surface area contributed by atoms with Gasteiger partial charge in [0.1, 0.15) is 0 Å². The van der Waals surface area contributed by atoms with Gasteiger partial charge in [0, 0.05) is 17.9 Å². The number of nitrogens with one attached hydrogen (secondary N) is 2. The Morgan fingerprint density at radius 3 is 2.53 bits per heavy atom. The van der Waals surface area contributed by atoms with Crippen LogP contribution in [0.25, 0.3) is 0 Å². The van der Waals surface area contributed by atoms with Crippen LogP contribution in [0.5, 0.6) is 0 Å². The van der Waals surface area contributed by atoms with Crippen molar-refractivity contribution < 1.29 is 26.7 Å². The molecule has 19 heavy (non-hydrogen) atoms. The molecule has 0 radical (unpaired) electrons. The summed E-state index contributed by atoms with van der Waals surface area (Å²) >= 11 is 0. The van der Waals surface area contributed by atoms with Crippen molar-refractivity contribution in [3.8, 4) is 0 Å². The average Bonchev–Trinajstić information content (AvgIpc) is 2.74. The standard InChI is InChI=1S/C11H9F5N2O/c12-10(13,11(14,15)16)9(19)18-7-1-2-8-6(5-7)3-4-17-8/h1-2,5,17H,3-4H2,(H,18,19). The van der Waals surface area contributed by atoms with Crippen molar-refractivity contribution in [3.63, 3.8) is 0 Å². The molecular weight excluding hydrogens is 271 g/mol. The molecule has 3 nitrogen and oxygen atoms in total. The first kappa shape index (κ1) is 13.6. The molecule has 1 aromatic rings. The molecule has 0 aliphatic carbocycles. The smallest absolute Gasteiger partial charge is 0.384 e. The van der Waals surface area contributed by atoms with E-state index in [-0.39, 0.29) is 5.69 Å². The molecule has 1 aliphatic heterocycles. The Hall–Kier alpha value is -1.86. The molecule has 2 N–H and O–H groups in total. The lowest BCUT2D eigenvalue weighted by Crippen LogP contribution is -2.47. The third kappa shape index (κ3) is 2.47. The van der Waals surface area contributed by atoms with E-state index in [9.17, 15) is 26.7 Å². The third-order valence-corrected chi connectivity index (χ3v) is 2.71. The quantitative estimate of drug-likeness (QED) is 0.818. The number of fused-ring (bicyclic) bond motifs is 1. The summed E-state index contributed by atoms with van der Waals surface area (Å²) in [7, 11) is 0. The van der Waals surface area contributed by atoms with Crippen molar-refractivity contribution in [2.75, 3.05) is 17.2 Å². The summed E-state index contributed by atoms with van der Waals surface area (Å²) in [6.45, 7) is 0.658. The third-order valence-electron chi connectivity index (χ3n) is 2.71. The Balaban J connectivity index is 2.16. The van der Waals surface area contributed by atoms with Gasteiger partial charge in [-0.05, 0) is 30.2 Å². The van der Waals surface area contributed by atoms with E-state index in [0.717, 1.165) is 11.3 Å². The molecule has 2 rings (SSSR count). The minimum Gasteiger partial charge on any atom is -0.384 e. The first-order valence-electron chi connectivity index (χ1n) is 5.34. The van der Waals surface area contributed by atoms with Crippen molar-refractivity contribution in [1.82, 2.24) is 0 Å². The monoisotopic (exact) mass is 280 g/mol. The lowest BCUT2D eigenvalue weighted by molar-refractivity contribution is -0.267. The topological polar surface area (TPSA) is 41.1 Å². The van der Waals surface area contributed by atoms with Gasteiger partial charge in [0.05, 0.1) is 0 Å². The molecule has 0 atom stereocenters. The summed E-state index contributed by atoms with van der Waals surface area (Å²) < 4.78 is 61.4. The molecule has 104 valence electrons. The summed E-state index contributed by atoms with van der Waals surface area (Å²) in [4.78, 5) is 11.0. The maximum atomic E-state index is 12.7. The molecule has 1 amide bonds. The SMILES string of the molecule is O=C(Nc1ccc2c(c1)CCN2)C(F)(F)C(F)(F)F. The molecule has 0 spiro atoms. The van der Waals surface area contributed by atoms with E-state index < -0.39 is 18.0 Å². The molecule has 1 heterocycles. The van der Waals surface area contributed by atoms with Gasteiger partial charge in [-0.2, -0.15) is 22.0 Å². The van der Waals surface area contributed by atoms with E-state index >= 15 is 0 Å². The van der Waals surface area contributed by atoms with Gasteiger partial charge >= 0.3 is 18.0 Å². The van der Waals surface area contributed by atoms with Gasteiger partial charge in [-0.25, -0.2) is 0 Å². The van der Waals surface area contributed by atoms with Crippen molar-refractivity contribution in [2.24, 2.45) is 0 Å². The van der Waals surface area contributed by atoms with Crippen LogP contribution in [0.3, 0.4) is 0 Å². The number of carbonyl (C=O) groups is 1. The molecule has 1 aliphatic rings. The zero-order chi connectivity index (χ0) is 14.3. The highest BCUT2D eigenvalue weighted by atomic mass is 19.4. The Kier molecular flexibility index (Phi) is 3.11. The first-order chi connectivity index (χ1) is 8.72. The number of hydrogen-bond acceptors (Lipinski definition) is 2. The van der Waals surface area contributed by atoms with Gasteiger partial charge in [0.25, 0.3) is 0 Å². The number of carbonyl (C=O) groups excluding carboxylic acids is 1.